The number of rotatable bonds is 4. The van der Waals surface area contributed by atoms with Crippen LogP contribution in [0.4, 0.5) is 0 Å². The molecular formula is C19H21N3O2. The molecule has 0 aliphatic heterocycles. The van der Waals surface area contributed by atoms with E-state index >= 15 is 0 Å². The quantitative estimate of drug-likeness (QED) is 0.691. The van der Waals surface area contributed by atoms with Gasteiger partial charge in [-0.3, -0.25) is 9.78 Å². The van der Waals surface area contributed by atoms with E-state index in [1.54, 1.807) is 24.4 Å². The van der Waals surface area contributed by atoms with Crippen LogP contribution >= 0.6 is 0 Å². The van der Waals surface area contributed by atoms with Gasteiger partial charge in [0.25, 0.3) is 5.91 Å². The highest BCUT2D eigenvalue weighted by Crippen LogP contribution is 2.26. The second-order valence-electron chi connectivity index (χ2n) is 6.11. The predicted molar refractivity (Wildman–Crippen MR) is 94.0 cm³/mol. The van der Waals surface area contributed by atoms with E-state index < -0.39 is 6.10 Å². The van der Waals surface area contributed by atoms with Gasteiger partial charge in [-0.25, -0.2) is 0 Å². The minimum absolute atomic E-state index is 0.114. The summed E-state index contributed by atoms with van der Waals surface area (Å²) < 4.78 is 0. The van der Waals surface area contributed by atoms with Crippen LogP contribution in [-0.2, 0) is 0 Å². The third-order valence-electron chi connectivity index (χ3n) is 4.22. The lowest BCUT2D eigenvalue weighted by Crippen LogP contribution is -2.29. The highest BCUT2D eigenvalue weighted by Gasteiger charge is 2.17. The zero-order valence-electron chi connectivity index (χ0n) is 14.1. The maximum atomic E-state index is 12.5. The van der Waals surface area contributed by atoms with E-state index in [1.807, 2.05) is 20.8 Å². The number of benzene rings is 1. The van der Waals surface area contributed by atoms with Crippen molar-refractivity contribution in [3.05, 3.63) is 64.6 Å². The van der Waals surface area contributed by atoms with Gasteiger partial charge in [-0.1, -0.05) is 17.7 Å². The summed E-state index contributed by atoms with van der Waals surface area (Å²) in [5.74, 6) is -0.226. The van der Waals surface area contributed by atoms with Crippen molar-refractivity contribution < 1.29 is 9.90 Å². The first-order valence-electron chi connectivity index (χ1n) is 7.94. The molecule has 1 atom stereocenters. The summed E-state index contributed by atoms with van der Waals surface area (Å²) in [6.07, 6.45) is 0.789. The SMILES string of the molecule is Cc1cc(C)c2[nH]c(C(=O)NCC(O)c3ccccn3)c(C)c2c1. The van der Waals surface area contributed by atoms with Crippen LogP contribution in [0, 0.1) is 20.8 Å². The number of nitrogens with zero attached hydrogens (tertiary/aromatic N) is 1. The van der Waals surface area contributed by atoms with E-state index in [0.29, 0.717) is 11.4 Å². The molecule has 1 amide bonds. The lowest BCUT2D eigenvalue weighted by Gasteiger charge is -2.11. The Bertz CT molecular complexity index is 885. The minimum atomic E-state index is -0.830. The van der Waals surface area contributed by atoms with Crippen LogP contribution in [-0.4, -0.2) is 27.5 Å². The number of amides is 1. The molecule has 0 saturated carbocycles. The highest BCUT2D eigenvalue weighted by atomic mass is 16.3. The number of hydrogen-bond acceptors (Lipinski definition) is 3. The van der Waals surface area contributed by atoms with Crippen molar-refractivity contribution in [2.45, 2.75) is 26.9 Å². The van der Waals surface area contributed by atoms with Gasteiger partial charge in [-0.15, -0.1) is 0 Å². The molecule has 2 heterocycles. The fourth-order valence-corrected chi connectivity index (χ4v) is 2.97. The van der Waals surface area contributed by atoms with Crippen LogP contribution in [0.2, 0.25) is 0 Å². The van der Waals surface area contributed by atoms with Gasteiger partial charge in [0, 0.05) is 23.6 Å². The summed E-state index contributed by atoms with van der Waals surface area (Å²) in [5, 5.41) is 13.9. The summed E-state index contributed by atoms with van der Waals surface area (Å²) in [4.78, 5) is 19.8. The Morgan fingerprint density at radius 3 is 2.79 bits per heavy atom. The number of pyridine rings is 1. The summed E-state index contributed by atoms with van der Waals surface area (Å²) >= 11 is 0. The number of aryl methyl sites for hydroxylation is 3. The van der Waals surface area contributed by atoms with Crippen molar-refractivity contribution in [2.24, 2.45) is 0 Å². The van der Waals surface area contributed by atoms with Crippen molar-refractivity contribution in [3.63, 3.8) is 0 Å². The van der Waals surface area contributed by atoms with Crippen LogP contribution in [0.1, 0.15) is 39.0 Å². The molecule has 2 aromatic heterocycles. The Kier molecular flexibility index (Phi) is 4.36. The molecule has 0 saturated heterocycles. The number of aromatic nitrogens is 2. The third kappa shape index (κ3) is 3.03. The van der Waals surface area contributed by atoms with Gasteiger partial charge in [0.2, 0.25) is 0 Å². The van der Waals surface area contributed by atoms with Gasteiger partial charge in [-0.2, -0.15) is 0 Å². The lowest BCUT2D eigenvalue weighted by atomic mass is 10.1. The number of carbonyl (C=O) groups excluding carboxylic acids is 1. The van der Waals surface area contributed by atoms with Crippen molar-refractivity contribution in [1.29, 1.82) is 0 Å². The minimum Gasteiger partial charge on any atom is -0.385 e. The normalized spacial score (nSPS) is 12.3. The van der Waals surface area contributed by atoms with Crippen molar-refractivity contribution >= 4 is 16.8 Å². The molecule has 0 fully saturated rings. The van der Waals surface area contributed by atoms with Gasteiger partial charge < -0.3 is 15.4 Å². The Labute approximate surface area is 140 Å². The first kappa shape index (κ1) is 16.2. The third-order valence-corrected chi connectivity index (χ3v) is 4.22. The molecule has 0 spiro atoms. The van der Waals surface area contributed by atoms with Crippen LogP contribution in [0.3, 0.4) is 0 Å². The van der Waals surface area contributed by atoms with Crippen molar-refractivity contribution in [1.82, 2.24) is 15.3 Å². The number of fused-ring (bicyclic) bond motifs is 1. The molecule has 1 aromatic carbocycles. The standard InChI is InChI=1S/C19H21N3O2/c1-11-8-12(2)17-14(9-11)13(3)18(22-17)19(24)21-10-16(23)15-6-4-5-7-20-15/h4-9,16,22-23H,10H2,1-3H3,(H,21,24). The second kappa shape index (κ2) is 6.45. The molecule has 0 bridgehead atoms. The van der Waals surface area contributed by atoms with E-state index in [2.05, 4.69) is 27.4 Å². The summed E-state index contributed by atoms with van der Waals surface area (Å²) in [5.41, 5.74) is 5.25. The number of aliphatic hydroxyl groups excluding tert-OH is 1. The van der Waals surface area contributed by atoms with Crippen LogP contribution < -0.4 is 5.32 Å². The first-order valence-corrected chi connectivity index (χ1v) is 7.94. The lowest BCUT2D eigenvalue weighted by molar-refractivity contribution is 0.0909. The van der Waals surface area contributed by atoms with E-state index in [1.165, 1.54) is 5.56 Å². The monoisotopic (exact) mass is 323 g/mol. The van der Waals surface area contributed by atoms with Gasteiger partial charge in [0.15, 0.2) is 0 Å². The Morgan fingerprint density at radius 2 is 2.08 bits per heavy atom. The van der Waals surface area contributed by atoms with Crippen molar-refractivity contribution in [3.8, 4) is 0 Å². The van der Waals surface area contributed by atoms with E-state index in [0.717, 1.165) is 22.0 Å². The molecule has 1 unspecified atom stereocenters. The number of aliphatic hydroxyl groups is 1. The second-order valence-corrected chi connectivity index (χ2v) is 6.11. The van der Waals surface area contributed by atoms with E-state index in [-0.39, 0.29) is 12.5 Å². The van der Waals surface area contributed by atoms with Crippen LogP contribution in [0.15, 0.2) is 36.5 Å². The highest BCUT2D eigenvalue weighted by molar-refractivity contribution is 6.01. The van der Waals surface area contributed by atoms with E-state index in [9.17, 15) is 9.90 Å². The summed E-state index contributed by atoms with van der Waals surface area (Å²) in [6.45, 7) is 6.12. The van der Waals surface area contributed by atoms with Crippen LogP contribution in [0.5, 0.6) is 0 Å². The average Bonchev–Trinajstić information content (AvgIpc) is 2.90. The molecule has 0 aliphatic rings. The van der Waals surface area contributed by atoms with Crippen molar-refractivity contribution in [2.75, 3.05) is 6.54 Å². The molecule has 5 nitrogen and oxygen atoms in total. The summed E-state index contributed by atoms with van der Waals surface area (Å²) in [7, 11) is 0. The van der Waals surface area contributed by atoms with Gasteiger partial charge in [0.1, 0.15) is 11.8 Å². The van der Waals surface area contributed by atoms with Gasteiger partial charge in [-0.05, 0) is 50.1 Å². The van der Waals surface area contributed by atoms with Crippen LogP contribution in [0.25, 0.3) is 10.9 Å². The molecule has 0 radical (unpaired) electrons. The number of hydrogen-bond donors (Lipinski definition) is 3. The smallest absolute Gasteiger partial charge is 0.268 e. The summed E-state index contributed by atoms with van der Waals surface area (Å²) in [6, 6.07) is 9.49. The zero-order chi connectivity index (χ0) is 17.3. The number of H-pyrrole nitrogens is 1. The fraction of sp³-hybridized carbons (Fsp3) is 0.263. The maximum absolute atomic E-state index is 12.5. The molecule has 0 aliphatic carbocycles. The largest absolute Gasteiger partial charge is 0.385 e. The molecular weight excluding hydrogens is 302 g/mol. The average molecular weight is 323 g/mol. The zero-order valence-corrected chi connectivity index (χ0v) is 14.1. The Hall–Kier alpha value is -2.66. The molecule has 24 heavy (non-hydrogen) atoms. The molecule has 3 aromatic rings. The van der Waals surface area contributed by atoms with Gasteiger partial charge >= 0.3 is 0 Å². The molecule has 3 N–H and O–H groups in total. The maximum Gasteiger partial charge on any atom is 0.268 e. The molecule has 3 rings (SSSR count). The number of nitrogens with one attached hydrogen (secondary N) is 2. The van der Waals surface area contributed by atoms with E-state index in [4.69, 9.17) is 0 Å². The number of carbonyl (C=O) groups is 1. The fourth-order valence-electron chi connectivity index (χ4n) is 2.97. The topological polar surface area (TPSA) is 78.0 Å². The van der Waals surface area contributed by atoms with Gasteiger partial charge in [0.05, 0.1) is 5.69 Å². The molecule has 124 valence electrons. The first-order chi connectivity index (χ1) is 11.5. The Balaban J connectivity index is 1.79. The molecule has 5 heteroatoms. The Morgan fingerprint density at radius 1 is 1.29 bits per heavy atom. The predicted octanol–water partition coefficient (Wildman–Crippen LogP) is 2.95. The number of aromatic amines is 1.